The van der Waals surface area contributed by atoms with Crippen LogP contribution in [0.3, 0.4) is 0 Å². The second-order valence-electron chi connectivity index (χ2n) is 5.30. The molecule has 0 N–H and O–H groups in total. The summed E-state index contributed by atoms with van der Waals surface area (Å²) >= 11 is 0. The molecule has 0 saturated heterocycles. The van der Waals surface area contributed by atoms with Crippen LogP contribution >= 0.6 is 0 Å². The quantitative estimate of drug-likeness (QED) is 0.617. The SMILES string of the molecule is O=CCc1cc(-c2ccc(F)cc2)cc(-c2ccc(F)cc2)c1. The molecule has 0 heterocycles. The van der Waals surface area contributed by atoms with Gasteiger partial charge in [-0.15, -0.1) is 0 Å². The summed E-state index contributed by atoms with van der Waals surface area (Å²) in [6.07, 6.45) is 1.14. The molecule has 0 aliphatic carbocycles. The van der Waals surface area contributed by atoms with E-state index in [4.69, 9.17) is 0 Å². The van der Waals surface area contributed by atoms with Crippen molar-refractivity contribution in [1.82, 2.24) is 0 Å². The Kier molecular flexibility index (Phi) is 4.29. The zero-order chi connectivity index (χ0) is 16.2. The second-order valence-corrected chi connectivity index (χ2v) is 5.30. The molecule has 0 aliphatic rings. The lowest BCUT2D eigenvalue weighted by molar-refractivity contribution is -0.107. The third kappa shape index (κ3) is 3.51. The highest BCUT2D eigenvalue weighted by molar-refractivity contribution is 5.75. The van der Waals surface area contributed by atoms with Crippen LogP contribution in [0.2, 0.25) is 0 Å². The zero-order valence-corrected chi connectivity index (χ0v) is 12.3. The van der Waals surface area contributed by atoms with Gasteiger partial charge in [-0.3, -0.25) is 0 Å². The van der Waals surface area contributed by atoms with Crippen LogP contribution in [0.1, 0.15) is 5.56 Å². The molecule has 3 aromatic carbocycles. The van der Waals surface area contributed by atoms with Crippen LogP contribution < -0.4 is 0 Å². The largest absolute Gasteiger partial charge is 0.303 e. The smallest absolute Gasteiger partial charge is 0.124 e. The highest BCUT2D eigenvalue weighted by atomic mass is 19.1. The predicted octanol–water partition coefficient (Wildman–Crippen LogP) is 5.04. The van der Waals surface area contributed by atoms with Gasteiger partial charge in [0.1, 0.15) is 17.9 Å². The summed E-state index contributed by atoms with van der Waals surface area (Å²) in [5.41, 5.74) is 4.37. The number of hydrogen-bond acceptors (Lipinski definition) is 1. The van der Waals surface area contributed by atoms with Gasteiger partial charge < -0.3 is 4.79 Å². The average molecular weight is 308 g/mol. The van der Waals surface area contributed by atoms with E-state index in [-0.39, 0.29) is 11.6 Å². The molecule has 0 unspecified atom stereocenters. The molecule has 1 nitrogen and oxygen atoms in total. The first kappa shape index (κ1) is 15.1. The van der Waals surface area contributed by atoms with Crippen molar-refractivity contribution in [1.29, 1.82) is 0 Å². The predicted molar refractivity (Wildman–Crippen MR) is 87.0 cm³/mol. The minimum Gasteiger partial charge on any atom is -0.303 e. The van der Waals surface area contributed by atoms with Gasteiger partial charge in [0.15, 0.2) is 0 Å². The topological polar surface area (TPSA) is 17.1 Å². The van der Waals surface area contributed by atoms with Crippen LogP contribution in [0, 0.1) is 11.6 Å². The summed E-state index contributed by atoms with van der Waals surface area (Å²) in [6, 6.07) is 18.2. The standard InChI is InChI=1S/C20H14F2O/c21-19-5-1-15(2-6-19)17-11-14(9-10-23)12-18(13-17)16-3-7-20(22)8-4-16/h1-8,10-13H,9H2. The van der Waals surface area contributed by atoms with Crippen LogP contribution in [0.4, 0.5) is 8.78 Å². The molecule has 3 aromatic rings. The van der Waals surface area contributed by atoms with Gasteiger partial charge in [-0.2, -0.15) is 0 Å². The molecule has 0 bridgehead atoms. The molecule has 23 heavy (non-hydrogen) atoms. The molecule has 0 fully saturated rings. The minimum absolute atomic E-state index is 0.295. The van der Waals surface area contributed by atoms with Crippen molar-refractivity contribution < 1.29 is 13.6 Å². The number of carbonyl (C=O) groups is 1. The molecular formula is C20H14F2O. The third-order valence-electron chi connectivity index (χ3n) is 3.67. The van der Waals surface area contributed by atoms with Crippen LogP contribution in [-0.2, 0) is 11.2 Å². The van der Waals surface area contributed by atoms with Crippen LogP contribution in [-0.4, -0.2) is 6.29 Å². The van der Waals surface area contributed by atoms with Gasteiger partial charge in [0.2, 0.25) is 0 Å². The fourth-order valence-corrected chi connectivity index (χ4v) is 2.52. The summed E-state index contributed by atoms with van der Waals surface area (Å²) in [4.78, 5) is 10.9. The molecule has 114 valence electrons. The molecule has 0 atom stereocenters. The number of halogens is 2. The maximum Gasteiger partial charge on any atom is 0.124 e. The maximum atomic E-state index is 13.1. The van der Waals surface area contributed by atoms with Crippen LogP contribution in [0.25, 0.3) is 22.3 Å². The lowest BCUT2D eigenvalue weighted by Crippen LogP contribution is -1.90. The third-order valence-corrected chi connectivity index (χ3v) is 3.67. The van der Waals surface area contributed by atoms with E-state index in [1.54, 1.807) is 24.3 Å². The summed E-state index contributed by atoms with van der Waals surface area (Å²) in [7, 11) is 0. The van der Waals surface area contributed by atoms with Gasteiger partial charge in [0.05, 0.1) is 0 Å². The lowest BCUT2D eigenvalue weighted by atomic mass is 9.95. The molecule has 3 heteroatoms. The van der Waals surface area contributed by atoms with E-state index >= 15 is 0 Å². The molecule has 0 aliphatic heterocycles. The number of benzene rings is 3. The summed E-state index contributed by atoms with van der Waals surface area (Å²) in [6.45, 7) is 0. The Labute approximate surface area is 133 Å². The zero-order valence-electron chi connectivity index (χ0n) is 12.3. The number of rotatable bonds is 4. The van der Waals surface area contributed by atoms with E-state index in [0.717, 1.165) is 34.1 Å². The highest BCUT2D eigenvalue weighted by Crippen LogP contribution is 2.28. The summed E-state index contributed by atoms with van der Waals surface area (Å²) in [5, 5.41) is 0. The van der Waals surface area contributed by atoms with E-state index < -0.39 is 0 Å². The Hall–Kier alpha value is -2.81. The van der Waals surface area contributed by atoms with Gasteiger partial charge in [-0.25, -0.2) is 8.78 Å². The van der Waals surface area contributed by atoms with Gasteiger partial charge in [0, 0.05) is 6.42 Å². The van der Waals surface area contributed by atoms with Gasteiger partial charge in [0.25, 0.3) is 0 Å². The molecular weight excluding hydrogens is 294 g/mol. The highest BCUT2D eigenvalue weighted by Gasteiger charge is 2.06. The van der Waals surface area contributed by atoms with Gasteiger partial charge in [-0.1, -0.05) is 36.4 Å². The summed E-state index contributed by atoms with van der Waals surface area (Å²) < 4.78 is 26.2. The van der Waals surface area contributed by atoms with Crippen molar-refractivity contribution in [2.45, 2.75) is 6.42 Å². The van der Waals surface area contributed by atoms with E-state index in [0.29, 0.717) is 6.42 Å². The number of aldehydes is 1. The van der Waals surface area contributed by atoms with Crippen molar-refractivity contribution in [3.63, 3.8) is 0 Å². The normalized spacial score (nSPS) is 10.5. The van der Waals surface area contributed by atoms with Crippen molar-refractivity contribution in [2.75, 3.05) is 0 Å². The van der Waals surface area contributed by atoms with Crippen molar-refractivity contribution in [3.8, 4) is 22.3 Å². The monoisotopic (exact) mass is 308 g/mol. The second kappa shape index (κ2) is 6.53. The van der Waals surface area contributed by atoms with Crippen molar-refractivity contribution in [3.05, 3.63) is 83.9 Å². The first-order valence-electron chi connectivity index (χ1n) is 7.25. The minimum atomic E-state index is -0.295. The molecule has 0 saturated carbocycles. The Morgan fingerprint density at radius 2 is 1.09 bits per heavy atom. The summed E-state index contributed by atoms with van der Waals surface area (Å²) in [5.74, 6) is -0.590. The van der Waals surface area contributed by atoms with Gasteiger partial charge >= 0.3 is 0 Å². The lowest BCUT2D eigenvalue weighted by Gasteiger charge is -2.09. The first-order chi connectivity index (χ1) is 11.2. The van der Waals surface area contributed by atoms with Crippen LogP contribution in [0.5, 0.6) is 0 Å². The number of carbonyl (C=O) groups excluding carboxylic acids is 1. The Balaban J connectivity index is 2.10. The Morgan fingerprint density at radius 3 is 1.48 bits per heavy atom. The molecule has 3 rings (SSSR count). The Morgan fingerprint density at radius 1 is 0.652 bits per heavy atom. The fourth-order valence-electron chi connectivity index (χ4n) is 2.52. The van der Waals surface area contributed by atoms with E-state index in [1.165, 1.54) is 24.3 Å². The first-order valence-corrected chi connectivity index (χ1v) is 7.25. The molecule has 0 aromatic heterocycles. The van der Waals surface area contributed by atoms with Gasteiger partial charge in [-0.05, 0) is 58.1 Å². The molecule has 0 amide bonds. The maximum absolute atomic E-state index is 13.1. The van der Waals surface area contributed by atoms with E-state index in [2.05, 4.69) is 0 Å². The van der Waals surface area contributed by atoms with E-state index in [1.807, 2.05) is 18.2 Å². The fraction of sp³-hybridized carbons (Fsp3) is 0.0500. The van der Waals surface area contributed by atoms with Crippen LogP contribution in [0.15, 0.2) is 66.7 Å². The molecule has 0 spiro atoms. The van der Waals surface area contributed by atoms with Crippen molar-refractivity contribution >= 4 is 6.29 Å². The van der Waals surface area contributed by atoms with Crippen molar-refractivity contribution in [2.24, 2.45) is 0 Å². The molecule has 0 radical (unpaired) electrons. The average Bonchev–Trinajstić information content (AvgIpc) is 2.56. The number of hydrogen-bond donors (Lipinski definition) is 0. The Bertz CT molecular complexity index is 758. The van der Waals surface area contributed by atoms with E-state index in [9.17, 15) is 13.6 Å².